The predicted molar refractivity (Wildman–Crippen MR) is 130 cm³/mol. The van der Waals surface area contributed by atoms with Gasteiger partial charge in [0.2, 0.25) is 0 Å². The fourth-order valence-corrected chi connectivity index (χ4v) is 4.57. The number of benzene rings is 4. The number of nitrogens with zero attached hydrogens (tertiary/aromatic N) is 1. The Kier molecular flexibility index (Phi) is 5.02. The van der Waals surface area contributed by atoms with Gasteiger partial charge in [-0.05, 0) is 46.5 Å². The van der Waals surface area contributed by atoms with E-state index in [1.165, 1.54) is 0 Å². The zero-order valence-corrected chi connectivity index (χ0v) is 18.4. The Morgan fingerprint density at radius 1 is 0.758 bits per heavy atom. The summed E-state index contributed by atoms with van der Waals surface area (Å²) in [5, 5.41) is 11.0. The molecule has 0 amide bonds. The minimum Gasteiger partial charge on any atom is -0.504 e. The molecule has 5 rings (SSSR count). The maximum Gasteiger partial charge on any atom is 0.165 e. The van der Waals surface area contributed by atoms with Crippen LogP contribution in [-0.4, -0.2) is 25.2 Å². The number of amidine groups is 1. The Morgan fingerprint density at radius 3 is 2.15 bits per heavy atom. The van der Waals surface area contributed by atoms with E-state index in [0.29, 0.717) is 17.1 Å². The Morgan fingerprint density at radius 2 is 1.45 bits per heavy atom. The van der Waals surface area contributed by atoms with E-state index in [1.54, 1.807) is 14.2 Å². The average Bonchev–Trinajstić information content (AvgIpc) is 3.18. The topological polar surface area (TPSA) is 77.1 Å². The third kappa shape index (κ3) is 3.21. The molecular formula is C28H24N2O3. The third-order valence-electron chi connectivity index (χ3n) is 6.19. The van der Waals surface area contributed by atoms with Crippen molar-refractivity contribution in [3.05, 3.63) is 113 Å². The predicted octanol–water partition coefficient (Wildman–Crippen LogP) is 5.09. The number of rotatable bonds is 5. The van der Waals surface area contributed by atoms with Gasteiger partial charge in [0.15, 0.2) is 11.5 Å². The first kappa shape index (κ1) is 20.6. The molecule has 1 heterocycles. The number of fused-ring (bicyclic) bond motifs is 1. The van der Waals surface area contributed by atoms with E-state index in [9.17, 15) is 5.11 Å². The quantitative estimate of drug-likeness (QED) is 0.457. The molecule has 0 radical (unpaired) electrons. The maximum absolute atomic E-state index is 11.0. The minimum atomic E-state index is -0.905. The van der Waals surface area contributed by atoms with Crippen LogP contribution < -0.4 is 15.2 Å². The highest BCUT2D eigenvalue weighted by Gasteiger charge is 2.43. The summed E-state index contributed by atoms with van der Waals surface area (Å²) in [6.45, 7) is 0. The molecule has 164 valence electrons. The van der Waals surface area contributed by atoms with Crippen molar-refractivity contribution >= 4 is 5.84 Å². The maximum atomic E-state index is 11.0. The van der Waals surface area contributed by atoms with Crippen molar-refractivity contribution < 1.29 is 14.6 Å². The Bertz CT molecular complexity index is 1350. The summed E-state index contributed by atoms with van der Waals surface area (Å²) in [6, 6.07) is 29.3. The van der Waals surface area contributed by atoms with E-state index < -0.39 is 5.54 Å². The number of nitrogens with two attached hydrogens (primary N) is 1. The van der Waals surface area contributed by atoms with Crippen LogP contribution >= 0.6 is 0 Å². The molecule has 0 aliphatic carbocycles. The van der Waals surface area contributed by atoms with E-state index in [4.69, 9.17) is 20.2 Å². The van der Waals surface area contributed by atoms with Crippen molar-refractivity contribution in [1.82, 2.24) is 0 Å². The summed E-state index contributed by atoms with van der Waals surface area (Å²) in [5.41, 5.74) is 10.7. The van der Waals surface area contributed by atoms with Crippen LogP contribution in [0.2, 0.25) is 0 Å². The van der Waals surface area contributed by atoms with Crippen molar-refractivity contribution in [2.75, 3.05) is 14.2 Å². The average molecular weight is 437 g/mol. The van der Waals surface area contributed by atoms with Gasteiger partial charge in [0.25, 0.3) is 0 Å². The Hall–Kier alpha value is -4.25. The smallest absolute Gasteiger partial charge is 0.165 e. The van der Waals surface area contributed by atoms with Crippen molar-refractivity contribution in [1.29, 1.82) is 0 Å². The van der Waals surface area contributed by atoms with Gasteiger partial charge < -0.3 is 20.3 Å². The van der Waals surface area contributed by atoms with Gasteiger partial charge in [-0.3, -0.25) is 0 Å². The van der Waals surface area contributed by atoms with Gasteiger partial charge in [0.1, 0.15) is 17.1 Å². The second-order valence-corrected chi connectivity index (χ2v) is 7.92. The van der Waals surface area contributed by atoms with E-state index in [1.807, 2.05) is 91.0 Å². The molecule has 0 spiro atoms. The largest absolute Gasteiger partial charge is 0.504 e. The molecule has 0 fully saturated rings. The third-order valence-corrected chi connectivity index (χ3v) is 6.19. The highest BCUT2D eigenvalue weighted by atomic mass is 16.5. The van der Waals surface area contributed by atoms with Crippen LogP contribution in [0.3, 0.4) is 0 Å². The zero-order chi connectivity index (χ0) is 23.0. The molecule has 4 aromatic carbocycles. The number of aromatic hydroxyl groups is 1. The van der Waals surface area contributed by atoms with Gasteiger partial charge in [-0.15, -0.1) is 0 Å². The molecule has 1 atom stereocenters. The van der Waals surface area contributed by atoms with Crippen LogP contribution in [0.15, 0.2) is 96.0 Å². The molecule has 3 N–H and O–H groups in total. The van der Waals surface area contributed by atoms with Gasteiger partial charge in [-0.2, -0.15) is 0 Å². The number of phenolic OH excluding ortho intramolecular Hbond substituents is 1. The van der Waals surface area contributed by atoms with E-state index in [2.05, 4.69) is 0 Å². The van der Waals surface area contributed by atoms with Crippen LogP contribution in [-0.2, 0) is 5.54 Å². The minimum absolute atomic E-state index is 0.0839. The lowest BCUT2D eigenvalue weighted by atomic mass is 9.76. The molecule has 1 aliphatic rings. The summed E-state index contributed by atoms with van der Waals surface area (Å²) < 4.78 is 11.0. The van der Waals surface area contributed by atoms with Gasteiger partial charge in [0, 0.05) is 11.1 Å². The Labute approximate surface area is 192 Å². The van der Waals surface area contributed by atoms with Crippen LogP contribution in [0.4, 0.5) is 0 Å². The first-order valence-electron chi connectivity index (χ1n) is 10.6. The molecule has 33 heavy (non-hydrogen) atoms. The second kappa shape index (κ2) is 8.02. The lowest BCUT2D eigenvalue weighted by Crippen LogP contribution is -2.25. The molecule has 0 saturated carbocycles. The lowest BCUT2D eigenvalue weighted by molar-refractivity contribution is 0.373. The van der Waals surface area contributed by atoms with Gasteiger partial charge >= 0.3 is 0 Å². The molecule has 1 aliphatic heterocycles. The fraction of sp³-hybridized carbons (Fsp3) is 0.107. The lowest BCUT2D eigenvalue weighted by Gasteiger charge is -2.30. The number of phenols is 1. The number of hydrogen-bond donors (Lipinski definition) is 2. The first-order valence-corrected chi connectivity index (χ1v) is 10.6. The molecule has 1 unspecified atom stereocenters. The highest BCUT2D eigenvalue weighted by molar-refractivity contribution is 6.03. The molecular weight excluding hydrogens is 412 g/mol. The van der Waals surface area contributed by atoms with E-state index >= 15 is 0 Å². The summed E-state index contributed by atoms with van der Waals surface area (Å²) in [5.74, 6) is 1.68. The first-order chi connectivity index (χ1) is 16.1. The monoisotopic (exact) mass is 436 g/mol. The molecule has 0 saturated heterocycles. The van der Waals surface area contributed by atoms with Gasteiger partial charge in [0.05, 0.1) is 14.2 Å². The molecule has 5 nitrogen and oxygen atoms in total. The van der Waals surface area contributed by atoms with Crippen molar-refractivity contribution in [3.8, 4) is 28.4 Å². The van der Waals surface area contributed by atoms with Crippen LogP contribution in [0.5, 0.6) is 17.2 Å². The van der Waals surface area contributed by atoms with Gasteiger partial charge in [-0.25, -0.2) is 4.99 Å². The Balaban J connectivity index is 1.84. The summed E-state index contributed by atoms with van der Waals surface area (Å²) in [4.78, 5) is 5.04. The van der Waals surface area contributed by atoms with Gasteiger partial charge in [-0.1, -0.05) is 66.7 Å². The second-order valence-electron chi connectivity index (χ2n) is 7.92. The number of methoxy groups -OCH3 is 2. The van der Waals surface area contributed by atoms with Crippen molar-refractivity contribution in [3.63, 3.8) is 0 Å². The number of ether oxygens (including phenoxy) is 2. The number of aliphatic imine (C=N–C) groups is 1. The standard InChI is InChI=1S/C28H24N2O3/c1-32-21-14-12-19(13-15-21)28(24-11-7-6-10-22(24)27(29)30-28)20-16-23(18-8-4-3-5-9-18)26(31)25(17-20)33-2/h3-17,31H,1-2H3,(H2,29,30). The summed E-state index contributed by atoms with van der Waals surface area (Å²) in [6.07, 6.45) is 0. The van der Waals surface area contributed by atoms with Crippen molar-refractivity contribution in [2.45, 2.75) is 5.54 Å². The van der Waals surface area contributed by atoms with Crippen LogP contribution in [0, 0.1) is 0 Å². The zero-order valence-electron chi connectivity index (χ0n) is 18.4. The summed E-state index contributed by atoms with van der Waals surface area (Å²) in [7, 11) is 3.19. The molecule has 0 bridgehead atoms. The van der Waals surface area contributed by atoms with E-state index in [-0.39, 0.29) is 5.75 Å². The fourth-order valence-electron chi connectivity index (χ4n) is 4.57. The van der Waals surface area contributed by atoms with Crippen LogP contribution in [0.1, 0.15) is 22.3 Å². The molecule has 0 aromatic heterocycles. The van der Waals surface area contributed by atoms with Crippen LogP contribution in [0.25, 0.3) is 11.1 Å². The molecule has 4 aromatic rings. The van der Waals surface area contributed by atoms with Crippen molar-refractivity contribution in [2.24, 2.45) is 10.7 Å². The normalized spacial score (nSPS) is 16.7. The number of hydrogen-bond acceptors (Lipinski definition) is 5. The summed E-state index contributed by atoms with van der Waals surface area (Å²) >= 11 is 0. The molecule has 5 heteroatoms. The van der Waals surface area contributed by atoms with E-state index in [0.717, 1.165) is 33.6 Å². The highest BCUT2D eigenvalue weighted by Crippen LogP contribution is 2.50. The SMILES string of the molecule is COc1ccc(C2(c3cc(OC)c(O)c(-c4ccccc4)c3)N=C(N)c3ccccc32)cc1.